The van der Waals surface area contributed by atoms with E-state index in [0.717, 1.165) is 39.1 Å². The first-order chi connectivity index (χ1) is 9.59. The molecule has 0 aliphatic carbocycles. The molecule has 0 aromatic rings. The topological polar surface area (TPSA) is 47.6 Å². The first kappa shape index (κ1) is 14.3. The summed E-state index contributed by atoms with van der Waals surface area (Å²) in [5.41, 5.74) is -0.395. The lowest BCUT2D eigenvalue weighted by Crippen LogP contribution is -2.61. The summed E-state index contributed by atoms with van der Waals surface area (Å²) in [6, 6.07) is 0.963. The molecule has 0 aromatic heterocycles. The molecular formula is C15H28N4O. The van der Waals surface area contributed by atoms with Gasteiger partial charge in [-0.15, -0.1) is 0 Å². The first-order valence-corrected chi connectivity index (χ1v) is 8.10. The minimum absolute atomic E-state index is 0.207. The molecule has 0 spiro atoms. The Labute approximate surface area is 122 Å². The zero-order chi connectivity index (χ0) is 14.2. The molecule has 3 aliphatic heterocycles. The lowest BCUT2D eigenvalue weighted by molar-refractivity contribution is -0.133. The van der Waals surface area contributed by atoms with Gasteiger partial charge in [-0.05, 0) is 39.7 Å². The molecule has 0 radical (unpaired) electrons. The SMILES string of the molecule is CC(C)(C(=O)NC1CCN2CCCC12)N1CCNCC1. The van der Waals surface area contributed by atoms with Crippen LogP contribution in [-0.4, -0.2) is 72.6 Å². The third-order valence-electron chi connectivity index (χ3n) is 5.39. The van der Waals surface area contributed by atoms with E-state index in [1.54, 1.807) is 0 Å². The zero-order valence-corrected chi connectivity index (χ0v) is 12.8. The number of rotatable bonds is 3. The van der Waals surface area contributed by atoms with E-state index in [9.17, 15) is 4.79 Å². The van der Waals surface area contributed by atoms with Gasteiger partial charge < -0.3 is 10.6 Å². The van der Waals surface area contributed by atoms with Crippen LogP contribution in [-0.2, 0) is 4.79 Å². The van der Waals surface area contributed by atoms with Gasteiger partial charge in [0.2, 0.25) is 5.91 Å². The first-order valence-electron chi connectivity index (χ1n) is 8.10. The number of amides is 1. The molecule has 0 aromatic carbocycles. The largest absolute Gasteiger partial charge is 0.350 e. The van der Waals surface area contributed by atoms with Gasteiger partial charge >= 0.3 is 0 Å². The maximum absolute atomic E-state index is 12.7. The summed E-state index contributed by atoms with van der Waals surface area (Å²) < 4.78 is 0. The fourth-order valence-corrected chi connectivity index (χ4v) is 3.96. The van der Waals surface area contributed by atoms with Crippen molar-refractivity contribution in [3.63, 3.8) is 0 Å². The quantitative estimate of drug-likeness (QED) is 0.765. The highest BCUT2D eigenvalue weighted by molar-refractivity contribution is 5.85. The van der Waals surface area contributed by atoms with Crippen molar-refractivity contribution in [1.82, 2.24) is 20.4 Å². The van der Waals surface area contributed by atoms with Crippen molar-refractivity contribution in [3.8, 4) is 0 Å². The number of hydrogen-bond donors (Lipinski definition) is 2. The van der Waals surface area contributed by atoms with E-state index in [4.69, 9.17) is 0 Å². The van der Waals surface area contributed by atoms with Crippen LogP contribution >= 0.6 is 0 Å². The van der Waals surface area contributed by atoms with Gasteiger partial charge in [-0.1, -0.05) is 0 Å². The third-order valence-corrected chi connectivity index (χ3v) is 5.39. The van der Waals surface area contributed by atoms with Crippen LogP contribution in [0.1, 0.15) is 33.1 Å². The summed E-state index contributed by atoms with van der Waals surface area (Å²) in [5, 5.41) is 6.69. The van der Waals surface area contributed by atoms with Crippen molar-refractivity contribution in [3.05, 3.63) is 0 Å². The summed E-state index contributed by atoms with van der Waals surface area (Å²) in [6.07, 6.45) is 3.66. The van der Waals surface area contributed by atoms with Gasteiger partial charge in [0.1, 0.15) is 0 Å². The van der Waals surface area contributed by atoms with Crippen molar-refractivity contribution < 1.29 is 4.79 Å². The average Bonchev–Trinajstić information content (AvgIpc) is 3.04. The monoisotopic (exact) mass is 280 g/mol. The van der Waals surface area contributed by atoms with E-state index < -0.39 is 5.54 Å². The minimum Gasteiger partial charge on any atom is -0.350 e. The highest BCUT2D eigenvalue weighted by Crippen LogP contribution is 2.28. The fourth-order valence-electron chi connectivity index (χ4n) is 3.96. The Bertz CT molecular complexity index is 365. The van der Waals surface area contributed by atoms with Crippen LogP contribution in [0, 0.1) is 0 Å². The zero-order valence-electron chi connectivity index (χ0n) is 12.8. The maximum Gasteiger partial charge on any atom is 0.240 e. The normalized spacial score (nSPS) is 32.3. The molecule has 0 bridgehead atoms. The van der Waals surface area contributed by atoms with Gasteiger partial charge in [0, 0.05) is 44.8 Å². The number of carbonyl (C=O) groups excluding carboxylic acids is 1. The van der Waals surface area contributed by atoms with E-state index in [1.807, 2.05) is 0 Å². The van der Waals surface area contributed by atoms with Gasteiger partial charge in [-0.2, -0.15) is 0 Å². The van der Waals surface area contributed by atoms with Gasteiger partial charge in [-0.3, -0.25) is 14.6 Å². The van der Waals surface area contributed by atoms with Gasteiger partial charge in [0.15, 0.2) is 0 Å². The van der Waals surface area contributed by atoms with Crippen molar-refractivity contribution in [1.29, 1.82) is 0 Å². The lowest BCUT2D eigenvalue weighted by Gasteiger charge is -2.40. The van der Waals surface area contributed by atoms with Crippen LogP contribution in [0.25, 0.3) is 0 Å². The Hall–Kier alpha value is -0.650. The minimum atomic E-state index is -0.395. The smallest absolute Gasteiger partial charge is 0.240 e. The molecule has 3 heterocycles. The van der Waals surface area contributed by atoms with Crippen LogP contribution in [0.4, 0.5) is 0 Å². The molecular weight excluding hydrogens is 252 g/mol. The van der Waals surface area contributed by atoms with Crippen LogP contribution < -0.4 is 10.6 Å². The van der Waals surface area contributed by atoms with Crippen LogP contribution in [0.3, 0.4) is 0 Å². The summed E-state index contributed by atoms with van der Waals surface area (Å²) in [7, 11) is 0. The van der Waals surface area contributed by atoms with Crippen molar-refractivity contribution >= 4 is 5.91 Å². The highest BCUT2D eigenvalue weighted by atomic mass is 16.2. The van der Waals surface area contributed by atoms with Crippen molar-refractivity contribution in [2.45, 2.75) is 50.7 Å². The van der Waals surface area contributed by atoms with E-state index in [0.29, 0.717) is 12.1 Å². The molecule has 3 saturated heterocycles. The number of fused-ring (bicyclic) bond motifs is 1. The summed E-state index contributed by atoms with van der Waals surface area (Å²) in [4.78, 5) is 17.6. The standard InChI is InChI=1S/C15H28N4O/c1-15(2,19-10-6-16-7-11-19)14(20)17-12-5-9-18-8-3-4-13(12)18/h12-13,16H,3-11H2,1-2H3,(H,17,20). The maximum atomic E-state index is 12.7. The molecule has 20 heavy (non-hydrogen) atoms. The molecule has 2 atom stereocenters. The molecule has 3 aliphatic rings. The Balaban J connectivity index is 1.60. The molecule has 1 amide bonds. The summed E-state index contributed by atoms with van der Waals surface area (Å²) >= 11 is 0. The Kier molecular flexibility index (Phi) is 4.02. The Morgan fingerprint density at radius 1 is 1.15 bits per heavy atom. The predicted molar refractivity (Wildman–Crippen MR) is 79.7 cm³/mol. The summed E-state index contributed by atoms with van der Waals surface area (Å²) in [6.45, 7) is 10.4. The molecule has 2 N–H and O–H groups in total. The number of nitrogens with one attached hydrogen (secondary N) is 2. The van der Waals surface area contributed by atoms with Crippen molar-refractivity contribution in [2.75, 3.05) is 39.3 Å². The number of hydrogen-bond acceptors (Lipinski definition) is 4. The second-order valence-corrected chi connectivity index (χ2v) is 6.91. The lowest BCUT2D eigenvalue weighted by atomic mass is 9.98. The van der Waals surface area contributed by atoms with Gasteiger partial charge in [0.25, 0.3) is 0 Å². The highest BCUT2D eigenvalue weighted by Gasteiger charge is 2.41. The van der Waals surface area contributed by atoms with Crippen LogP contribution in [0.2, 0.25) is 0 Å². The van der Waals surface area contributed by atoms with E-state index >= 15 is 0 Å². The molecule has 114 valence electrons. The second-order valence-electron chi connectivity index (χ2n) is 6.91. The molecule has 0 saturated carbocycles. The van der Waals surface area contributed by atoms with Crippen LogP contribution in [0.15, 0.2) is 0 Å². The van der Waals surface area contributed by atoms with E-state index in [1.165, 1.54) is 19.4 Å². The Morgan fingerprint density at radius 3 is 2.65 bits per heavy atom. The molecule has 5 nitrogen and oxygen atoms in total. The molecule has 2 unspecified atom stereocenters. The van der Waals surface area contributed by atoms with Gasteiger partial charge in [-0.25, -0.2) is 0 Å². The number of piperazine rings is 1. The Morgan fingerprint density at radius 2 is 1.90 bits per heavy atom. The second kappa shape index (κ2) is 5.62. The van der Waals surface area contributed by atoms with E-state index in [2.05, 4.69) is 34.3 Å². The average molecular weight is 280 g/mol. The van der Waals surface area contributed by atoms with Crippen molar-refractivity contribution in [2.24, 2.45) is 0 Å². The molecule has 5 heteroatoms. The number of nitrogens with zero attached hydrogens (tertiary/aromatic N) is 2. The molecule has 3 fully saturated rings. The third kappa shape index (κ3) is 2.59. The molecule has 3 rings (SSSR count). The van der Waals surface area contributed by atoms with Gasteiger partial charge in [0.05, 0.1) is 5.54 Å². The number of carbonyl (C=O) groups is 1. The van der Waals surface area contributed by atoms with Crippen LogP contribution in [0.5, 0.6) is 0 Å². The summed E-state index contributed by atoms with van der Waals surface area (Å²) in [5.74, 6) is 0.207. The van der Waals surface area contributed by atoms with E-state index in [-0.39, 0.29) is 5.91 Å². The fraction of sp³-hybridized carbons (Fsp3) is 0.933. The predicted octanol–water partition coefficient (Wildman–Crippen LogP) is 0.0231.